The summed E-state index contributed by atoms with van der Waals surface area (Å²) >= 11 is 3.18. The van der Waals surface area contributed by atoms with Crippen LogP contribution in [0.3, 0.4) is 0 Å². The molecule has 0 atom stereocenters. The molecule has 1 aromatic rings. The molecule has 98 valence electrons. The van der Waals surface area contributed by atoms with Crippen molar-refractivity contribution in [3.63, 3.8) is 0 Å². The van der Waals surface area contributed by atoms with Gasteiger partial charge in [-0.25, -0.2) is 9.78 Å². The van der Waals surface area contributed by atoms with Crippen molar-refractivity contribution in [2.45, 2.75) is 26.3 Å². The molecule has 0 radical (unpaired) electrons. The van der Waals surface area contributed by atoms with Gasteiger partial charge in [0.2, 0.25) is 0 Å². The van der Waals surface area contributed by atoms with Crippen molar-refractivity contribution >= 4 is 33.4 Å². The van der Waals surface area contributed by atoms with Crippen molar-refractivity contribution in [3.8, 4) is 0 Å². The SMILES string of the molecule is Cc1c([N+](=O)[O-])cnc(NC(C)(C)C(=O)O)c1Br. The van der Waals surface area contributed by atoms with Gasteiger partial charge >= 0.3 is 5.97 Å². The number of aromatic nitrogens is 1. The molecule has 1 heterocycles. The van der Waals surface area contributed by atoms with E-state index in [1.54, 1.807) is 6.92 Å². The Morgan fingerprint density at radius 1 is 1.61 bits per heavy atom. The molecule has 0 saturated heterocycles. The molecule has 0 spiro atoms. The monoisotopic (exact) mass is 317 g/mol. The van der Waals surface area contributed by atoms with Crippen LogP contribution in [0.15, 0.2) is 10.7 Å². The second kappa shape index (κ2) is 4.89. The van der Waals surface area contributed by atoms with Gasteiger partial charge in [-0.2, -0.15) is 0 Å². The fourth-order valence-electron chi connectivity index (χ4n) is 1.19. The maximum atomic E-state index is 11.0. The Kier molecular flexibility index (Phi) is 3.90. The third kappa shape index (κ3) is 2.76. The summed E-state index contributed by atoms with van der Waals surface area (Å²) < 4.78 is 0.381. The van der Waals surface area contributed by atoms with Gasteiger partial charge in [0.05, 0.1) is 9.40 Å². The van der Waals surface area contributed by atoms with Gasteiger partial charge in [-0.3, -0.25) is 10.1 Å². The molecule has 18 heavy (non-hydrogen) atoms. The molecule has 0 unspecified atom stereocenters. The van der Waals surface area contributed by atoms with Crippen LogP contribution < -0.4 is 5.32 Å². The Morgan fingerprint density at radius 2 is 2.17 bits per heavy atom. The van der Waals surface area contributed by atoms with Crippen molar-refractivity contribution in [2.75, 3.05) is 5.32 Å². The van der Waals surface area contributed by atoms with Crippen LogP contribution >= 0.6 is 15.9 Å². The lowest BCUT2D eigenvalue weighted by atomic mass is 10.1. The average Bonchev–Trinajstić information content (AvgIpc) is 2.24. The first-order valence-corrected chi connectivity index (χ1v) is 5.77. The van der Waals surface area contributed by atoms with Gasteiger partial charge < -0.3 is 10.4 Å². The molecule has 0 aliphatic heterocycles. The quantitative estimate of drug-likeness (QED) is 0.652. The Hall–Kier alpha value is -1.70. The number of anilines is 1. The van der Waals surface area contributed by atoms with Crippen LogP contribution in [0.1, 0.15) is 19.4 Å². The molecule has 1 aromatic heterocycles. The Balaban J connectivity index is 3.18. The van der Waals surface area contributed by atoms with Gasteiger partial charge in [0.15, 0.2) is 0 Å². The summed E-state index contributed by atoms with van der Waals surface area (Å²) in [5, 5.41) is 22.4. The topological polar surface area (TPSA) is 105 Å². The summed E-state index contributed by atoms with van der Waals surface area (Å²) in [5.74, 6) is -0.794. The number of pyridine rings is 1. The zero-order valence-corrected chi connectivity index (χ0v) is 11.6. The first-order chi connectivity index (χ1) is 8.16. The number of hydrogen-bond donors (Lipinski definition) is 2. The van der Waals surface area contributed by atoms with E-state index in [2.05, 4.69) is 26.2 Å². The van der Waals surface area contributed by atoms with E-state index in [1.165, 1.54) is 13.8 Å². The number of rotatable bonds is 4. The van der Waals surface area contributed by atoms with E-state index in [0.29, 0.717) is 10.0 Å². The Morgan fingerprint density at radius 3 is 2.61 bits per heavy atom. The van der Waals surface area contributed by atoms with Gasteiger partial charge in [-0.15, -0.1) is 0 Å². The maximum absolute atomic E-state index is 11.0. The number of hydrogen-bond acceptors (Lipinski definition) is 5. The predicted octanol–water partition coefficient (Wildman–Crippen LogP) is 2.34. The molecule has 0 aliphatic carbocycles. The molecule has 0 amide bonds. The number of carbonyl (C=O) groups is 1. The normalized spacial score (nSPS) is 11.1. The lowest BCUT2D eigenvalue weighted by Crippen LogP contribution is -2.40. The minimum Gasteiger partial charge on any atom is -0.480 e. The number of halogens is 1. The van der Waals surface area contributed by atoms with Crippen LogP contribution in [0, 0.1) is 17.0 Å². The molecule has 0 aliphatic rings. The van der Waals surface area contributed by atoms with Crippen LogP contribution in [0.5, 0.6) is 0 Å². The van der Waals surface area contributed by atoms with Crippen LogP contribution in [-0.4, -0.2) is 26.5 Å². The summed E-state index contributed by atoms with van der Waals surface area (Å²) in [6.07, 6.45) is 1.10. The molecule has 0 saturated carbocycles. The van der Waals surface area contributed by atoms with E-state index in [9.17, 15) is 14.9 Å². The summed E-state index contributed by atoms with van der Waals surface area (Å²) in [5.41, 5.74) is -0.961. The summed E-state index contributed by atoms with van der Waals surface area (Å²) in [6.45, 7) is 4.50. The zero-order chi connectivity index (χ0) is 14.1. The summed E-state index contributed by atoms with van der Waals surface area (Å²) in [7, 11) is 0. The van der Waals surface area contributed by atoms with Crippen LogP contribution in [-0.2, 0) is 4.79 Å². The Labute approximate surface area is 112 Å². The zero-order valence-electron chi connectivity index (χ0n) is 10.0. The van der Waals surface area contributed by atoms with Gasteiger partial charge in [0.25, 0.3) is 5.69 Å². The second-order valence-corrected chi connectivity index (χ2v) is 5.04. The van der Waals surface area contributed by atoms with Crippen LogP contribution in [0.2, 0.25) is 0 Å². The van der Waals surface area contributed by atoms with Gasteiger partial charge in [-0.05, 0) is 36.7 Å². The highest BCUT2D eigenvalue weighted by molar-refractivity contribution is 9.10. The molecule has 7 nitrogen and oxygen atoms in total. The average molecular weight is 318 g/mol. The first-order valence-electron chi connectivity index (χ1n) is 4.98. The molecule has 0 aromatic carbocycles. The number of nitrogens with zero attached hydrogens (tertiary/aromatic N) is 2. The van der Waals surface area contributed by atoms with Crippen molar-refractivity contribution in [1.82, 2.24) is 4.98 Å². The van der Waals surface area contributed by atoms with Crippen molar-refractivity contribution < 1.29 is 14.8 Å². The third-order valence-electron chi connectivity index (χ3n) is 2.40. The van der Waals surface area contributed by atoms with E-state index in [4.69, 9.17) is 5.11 Å². The van der Waals surface area contributed by atoms with Crippen LogP contribution in [0.4, 0.5) is 11.5 Å². The van der Waals surface area contributed by atoms with Crippen molar-refractivity contribution in [2.24, 2.45) is 0 Å². The fraction of sp³-hybridized carbons (Fsp3) is 0.400. The van der Waals surface area contributed by atoms with Crippen molar-refractivity contribution in [1.29, 1.82) is 0 Å². The number of nitrogens with one attached hydrogen (secondary N) is 1. The number of nitro groups is 1. The molecule has 0 fully saturated rings. The van der Waals surface area contributed by atoms with E-state index in [1.807, 2.05) is 0 Å². The number of aliphatic carboxylic acids is 1. The van der Waals surface area contributed by atoms with E-state index in [0.717, 1.165) is 6.20 Å². The van der Waals surface area contributed by atoms with Gasteiger partial charge in [0, 0.05) is 5.56 Å². The van der Waals surface area contributed by atoms with Gasteiger partial charge in [-0.1, -0.05) is 0 Å². The van der Waals surface area contributed by atoms with E-state index < -0.39 is 16.4 Å². The smallest absolute Gasteiger partial charge is 0.328 e. The Bertz CT molecular complexity index is 516. The second-order valence-electron chi connectivity index (χ2n) is 4.24. The highest BCUT2D eigenvalue weighted by Crippen LogP contribution is 2.31. The van der Waals surface area contributed by atoms with Gasteiger partial charge in [0.1, 0.15) is 17.6 Å². The minimum atomic E-state index is -1.22. The molecular weight excluding hydrogens is 306 g/mol. The maximum Gasteiger partial charge on any atom is 0.328 e. The first kappa shape index (κ1) is 14.4. The minimum absolute atomic E-state index is 0.124. The number of carboxylic acid groups (broad SMARTS) is 1. The molecule has 8 heteroatoms. The van der Waals surface area contributed by atoms with E-state index in [-0.39, 0.29) is 11.5 Å². The number of carboxylic acids is 1. The highest BCUT2D eigenvalue weighted by Gasteiger charge is 2.29. The van der Waals surface area contributed by atoms with Crippen molar-refractivity contribution in [3.05, 3.63) is 26.3 Å². The lowest BCUT2D eigenvalue weighted by Gasteiger charge is -2.22. The third-order valence-corrected chi connectivity index (χ3v) is 3.37. The standard InChI is InChI=1S/C10H12BrN3O4/c1-5-6(14(17)18)4-12-8(7(5)11)13-10(2,3)9(15)16/h4H,1-3H3,(H,12,13)(H,15,16). The predicted molar refractivity (Wildman–Crippen MR) is 68.7 cm³/mol. The fourth-order valence-corrected chi connectivity index (χ4v) is 1.59. The summed E-state index contributed by atoms with van der Waals surface area (Å²) in [6, 6.07) is 0. The molecule has 2 N–H and O–H groups in total. The molecular formula is C10H12BrN3O4. The molecule has 0 bridgehead atoms. The summed E-state index contributed by atoms with van der Waals surface area (Å²) in [4.78, 5) is 25.0. The lowest BCUT2D eigenvalue weighted by molar-refractivity contribution is -0.385. The largest absolute Gasteiger partial charge is 0.480 e. The van der Waals surface area contributed by atoms with Crippen LogP contribution in [0.25, 0.3) is 0 Å². The molecule has 1 rings (SSSR count). The van der Waals surface area contributed by atoms with E-state index >= 15 is 0 Å². The highest BCUT2D eigenvalue weighted by atomic mass is 79.9.